The van der Waals surface area contributed by atoms with Gasteiger partial charge in [0.2, 0.25) is 11.8 Å². The second kappa shape index (κ2) is 14.9. The van der Waals surface area contributed by atoms with Crippen molar-refractivity contribution in [1.82, 2.24) is 10.2 Å². The molecule has 4 aromatic carbocycles. The smallest absolute Gasteiger partial charge is 0.264 e. The van der Waals surface area contributed by atoms with Crippen molar-refractivity contribution in [2.45, 2.75) is 44.7 Å². The summed E-state index contributed by atoms with van der Waals surface area (Å²) in [5.74, 6) is -0.865. The number of benzene rings is 4. The highest BCUT2D eigenvalue weighted by atomic mass is 79.9. The number of carbonyl (C=O) groups excluding carboxylic acids is 2. The second-order valence-corrected chi connectivity index (χ2v) is 13.7. The lowest BCUT2D eigenvalue weighted by Crippen LogP contribution is -2.53. The fourth-order valence-electron chi connectivity index (χ4n) is 4.78. The first-order valence-corrected chi connectivity index (χ1v) is 16.8. The van der Waals surface area contributed by atoms with Crippen molar-refractivity contribution in [3.63, 3.8) is 0 Å². The third kappa shape index (κ3) is 8.28. The summed E-state index contributed by atoms with van der Waals surface area (Å²) in [6, 6.07) is 27.3. The van der Waals surface area contributed by atoms with Gasteiger partial charge in [0.25, 0.3) is 10.0 Å². The Morgan fingerprint density at radius 1 is 0.886 bits per heavy atom. The van der Waals surface area contributed by atoms with Crippen LogP contribution in [0.2, 0.25) is 5.02 Å². The molecule has 10 heteroatoms. The number of nitrogens with one attached hydrogen (secondary N) is 1. The molecule has 44 heavy (non-hydrogen) atoms. The number of likely N-dealkylation sites (N-methyl/N-ethyl adjacent to an activating group) is 1. The van der Waals surface area contributed by atoms with Gasteiger partial charge in [0.1, 0.15) is 12.6 Å². The molecule has 1 N–H and O–H groups in total. The van der Waals surface area contributed by atoms with Crippen molar-refractivity contribution < 1.29 is 18.0 Å². The van der Waals surface area contributed by atoms with Crippen molar-refractivity contribution in [3.8, 4) is 0 Å². The van der Waals surface area contributed by atoms with Crippen LogP contribution in [0.25, 0.3) is 0 Å². The molecule has 0 spiro atoms. The first-order chi connectivity index (χ1) is 21.0. The molecule has 4 rings (SSSR count). The first kappa shape index (κ1) is 33.2. The monoisotopic (exact) mass is 695 g/mol. The summed E-state index contributed by atoms with van der Waals surface area (Å²) in [5, 5.41) is 3.24. The number of hydrogen-bond acceptors (Lipinski definition) is 4. The Bertz CT molecular complexity index is 1720. The van der Waals surface area contributed by atoms with Crippen LogP contribution < -0.4 is 9.62 Å². The van der Waals surface area contributed by atoms with Crippen molar-refractivity contribution in [2.75, 3.05) is 17.4 Å². The van der Waals surface area contributed by atoms with E-state index >= 15 is 0 Å². The summed E-state index contributed by atoms with van der Waals surface area (Å²) in [6.07, 6.45) is 0.244. The van der Waals surface area contributed by atoms with E-state index in [1.165, 1.54) is 17.0 Å². The zero-order valence-corrected chi connectivity index (χ0v) is 28.0. The Morgan fingerprint density at radius 2 is 1.57 bits per heavy atom. The number of carbonyl (C=O) groups is 2. The molecule has 0 saturated heterocycles. The molecule has 4 aromatic rings. The molecule has 0 radical (unpaired) electrons. The summed E-state index contributed by atoms with van der Waals surface area (Å²) in [5.41, 5.74) is 3.56. The zero-order chi connectivity index (χ0) is 31.9. The van der Waals surface area contributed by atoms with Crippen molar-refractivity contribution in [2.24, 2.45) is 0 Å². The van der Waals surface area contributed by atoms with Gasteiger partial charge in [0, 0.05) is 29.0 Å². The molecule has 2 amide bonds. The van der Waals surface area contributed by atoms with Gasteiger partial charge in [-0.3, -0.25) is 13.9 Å². The lowest BCUT2D eigenvalue weighted by Gasteiger charge is -2.34. The number of nitrogens with zero attached hydrogens (tertiary/aromatic N) is 2. The minimum atomic E-state index is -4.20. The number of sulfonamides is 1. The summed E-state index contributed by atoms with van der Waals surface area (Å²) in [6.45, 7) is 5.41. The van der Waals surface area contributed by atoms with E-state index in [-0.39, 0.29) is 29.5 Å². The van der Waals surface area contributed by atoms with E-state index in [0.717, 1.165) is 31.0 Å². The van der Waals surface area contributed by atoms with E-state index in [2.05, 4.69) is 21.2 Å². The molecule has 0 aliphatic carbocycles. The number of halogens is 2. The van der Waals surface area contributed by atoms with Gasteiger partial charge in [-0.25, -0.2) is 8.42 Å². The maximum atomic E-state index is 14.4. The Kier molecular flexibility index (Phi) is 11.2. The number of hydrogen-bond donors (Lipinski definition) is 1. The second-order valence-electron chi connectivity index (χ2n) is 10.5. The summed E-state index contributed by atoms with van der Waals surface area (Å²) >= 11 is 9.93. The molecule has 1 unspecified atom stereocenters. The predicted molar refractivity (Wildman–Crippen MR) is 179 cm³/mol. The normalized spacial score (nSPS) is 11.9. The Morgan fingerprint density at radius 3 is 2.20 bits per heavy atom. The van der Waals surface area contributed by atoms with E-state index in [4.69, 9.17) is 11.6 Å². The Hall–Kier alpha value is -3.66. The van der Waals surface area contributed by atoms with Crippen LogP contribution in [-0.4, -0.2) is 44.3 Å². The van der Waals surface area contributed by atoms with E-state index in [1.807, 2.05) is 75.4 Å². The first-order valence-electron chi connectivity index (χ1n) is 14.2. The highest BCUT2D eigenvalue weighted by molar-refractivity contribution is 9.10. The van der Waals surface area contributed by atoms with Crippen LogP contribution in [0.5, 0.6) is 0 Å². The molecule has 1 atom stereocenters. The number of rotatable bonds is 12. The maximum absolute atomic E-state index is 14.4. The summed E-state index contributed by atoms with van der Waals surface area (Å²) < 4.78 is 30.1. The summed E-state index contributed by atoms with van der Waals surface area (Å²) in [4.78, 5) is 29.5. The minimum Gasteiger partial charge on any atom is -0.355 e. The van der Waals surface area contributed by atoms with Crippen LogP contribution in [0.1, 0.15) is 29.2 Å². The summed E-state index contributed by atoms with van der Waals surface area (Å²) in [7, 11) is -4.20. The van der Waals surface area contributed by atoms with Crippen LogP contribution in [0.4, 0.5) is 5.69 Å². The van der Waals surface area contributed by atoms with Gasteiger partial charge < -0.3 is 10.2 Å². The van der Waals surface area contributed by atoms with E-state index < -0.39 is 28.5 Å². The van der Waals surface area contributed by atoms with Gasteiger partial charge >= 0.3 is 0 Å². The zero-order valence-electron chi connectivity index (χ0n) is 24.8. The minimum absolute atomic E-state index is 0.0377. The molecule has 230 valence electrons. The van der Waals surface area contributed by atoms with Gasteiger partial charge in [-0.05, 0) is 73.9 Å². The molecule has 0 aliphatic rings. The number of amides is 2. The predicted octanol–water partition coefficient (Wildman–Crippen LogP) is 6.69. The SMILES string of the molecule is CCNC(=O)C(Cc1ccccc1)N(Cc1cccc(Br)c1)C(=O)CN(c1ccc(C)c(Cl)c1)S(=O)(=O)c1ccc(C)cc1. The molecule has 0 aromatic heterocycles. The molecular formula is C34H35BrClN3O4S. The van der Waals surface area contributed by atoms with Crippen LogP contribution in [0.3, 0.4) is 0 Å². The lowest BCUT2D eigenvalue weighted by atomic mass is 10.0. The molecule has 0 heterocycles. The van der Waals surface area contributed by atoms with Crippen molar-refractivity contribution in [3.05, 3.63) is 129 Å². The third-order valence-corrected chi connectivity index (χ3v) is 9.88. The fourth-order valence-corrected chi connectivity index (χ4v) is 6.81. The number of aryl methyl sites for hydroxylation is 2. The number of anilines is 1. The standard InChI is InChI=1S/C34H35BrClN3O4S/c1-4-37-34(41)32(20-26-9-6-5-7-10-26)38(22-27-11-8-12-28(35)19-27)33(40)23-39(29-16-15-25(3)31(36)21-29)44(42,43)30-17-13-24(2)14-18-30/h5-19,21,32H,4,20,22-23H2,1-3H3,(H,37,41). The van der Waals surface area contributed by atoms with Gasteiger partial charge in [0.05, 0.1) is 10.6 Å². The van der Waals surface area contributed by atoms with Crippen LogP contribution in [0, 0.1) is 13.8 Å². The molecule has 0 bridgehead atoms. The van der Waals surface area contributed by atoms with Gasteiger partial charge in [-0.2, -0.15) is 0 Å². The van der Waals surface area contributed by atoms with E-state index in [0.29, 0.717) is 11.6 Å². The van der Waals surface area contributed by atoms with Crippen LogP contribution in [0.15, 0.2) is 106 Å². The molecule has 7 nitrogen and oxygen atoms in total. The fraction of sp³-hybridized carbons (Fsp3) is 0.235. The van der Waals surface area contributed by atoms with Gasteiger partial charge in [0.15, 0.2) is 0 Å². The van der Waals surface area contributed by atoms with Gasteiger partial charge in [-0.1, -0.05) is 93.8 Å². The quantitative estimate of drug-likeness (QED) is 0.179. The third-order valence-electron chi connectivity index (χ3n) is 7.20. The lowest BCUT2D eigenvalue weighted by molar-refractivity contribution is -0.140. The highest BCUT2D eigenvalue weighted by Crippen LogP contribution is 2.29. The van der Waals surface area contributed by atoms with Crippen LogP contribution >= 0.6 is 27.5 Å². The maximum Gasteiger partial charge on any atom is 0.264 e. The van der Waals surface area contributed by atoms with E-state index in [9.17, 15) is 18.0 Å². The molecule has 0 aliphatic heterocycles. The largest absolute Gasteiger partial charge is 0.355 e. The topological polar surface area (TPSA) is 86.8 Å². The average Bonchev–Trinajstić information content (AvgIpc) is 3.00. The van der Waals surface area contributed by atoms with Crippen molar-refractivity contribution in [1.29, 1.82) is 0 Å². The molecular weight excluding hydrogens is 662 g/mol. The molecule has 0 fully saturated rings. The average molecular weight is 697 g/mol. The highest BCUT2D eigenvalue weighted by Gasteiger charge is 2.34. The van der Waals surface area contributed by atoms with Gasteiger partial charge in [-0.15, -0.1) is 0 Å². The Balaban J connectivity index is 1.81. The van der Waals surface area contributed by atoms with E-state index in [1.54, 1.807) is 30.3 Å². The van der Waals surface area contributed by atoms with Crippen molar-refractivity contribution >= 4 is 55.1 Å². The van der Waals surface area contributed by atoms with Crippen LogP contribution in [-0.2, 0) is 32.6 Å². The Labute approximate surface area is 273 Å². The molecule has 0 saturated carbocycles.